The zero-order valence-electron chi connectivity index (χ0n) is 36.2. The van der Waals surface area contributed by atoms with E-state index in [2.05, 4.69) is 59.4 Å². The second-order valence-electron chi connectivity index (χ2n) is 14.3. The van der Waals surface area contributed by atoms with E-state index in [1.165, 1.54) is 0 Å². The number of carbonyl (C=O) groups excluding carboxylic acids is 2. The standard InChI is InChI=1S/C44H74O15P2/c1-3-5-7-8-9-10-11-12-13-14-15-16-20-23-27-33-44(49)59-42(38-58-61(53,54)57-36-41(47)35-56-60(50,51)52)37-55-43(48)34-28-32-40(46)31-26-22-19-17-18-21-25-30-39(45)29-24-6-4-2/h5,7,9-10,12-13,18-19,21-22,25-26,30-31,39-42,45-47H,3-4,6,8,11,14-17,20,23-24,27-29,32-38H2,1-2H3,(H,53,54)(H2,50,51,52)/b7-5-,10-9-,13-12-,21-18-,22-19-,30-25+,31-26+/t39-,40-,41-,42+/m0/s1. The van der Waals surface area contributed by atoms with Gasteiger partial charge >= 0.3 is 27.6 Å². The Morgan fingerprint density at radius 3 is 1.74 bits per heavy atom. The van der Waals surface area contributed by atoms with Crippen LogP contribution in [0.15, 0.2) is 85.1 Å². The summed E-state index contributed by atoms with van der Waals surface area (Å²) < 4.78 is 47.5. The normalized spacial score (nSPS) is 15.9. The lowest BCUT2D eigenvalue weighted by molar-refractivity contribution is -0.161. The second kappa shape index (κ2) is 38.9. The summed E-state index contributed by atoms with van der Waals surface area (Å²) in [6.45, 7) is 1.25. The molecular weight excluding hydrogens is 830 g/mol. The molecule has 0 spiro atoms. The molecule has 17 heteroatoms. The number of ether oxygens (including phenoxy) is 2. The van der Waals surface area contributed by atoms with E-state index < -0.39 is 78.4 Å². The zero-order valence-corrected chi connectivity index (χ0v) is 38.0. The number of rotatable bonds is 39. The van der Waals surface area contributed by atoms with Gasteiger partial charge in [-0.15, -0.1) is 0 Å². The van der Waals surface area contributed by atoms with E-state index in [0.717, 1.165) is 77.0 Å². The number of hydrogen-bond acceptors (Lipinski definition) is 12. The van der Waals surface area contributed by atoms with Crippen LogP contribution < -0.4 is 0 Å². The molecule has 6 N–H and O–H groups in total. The van der Waals surface area contributed by atoms with Crippen molar-refractivity contribution in [2.24, 2.45) is 0 Å². The maximum Gasteiger partial charge on any atom is 0.472 e. The van der Waals surface area contributed by atoms with Crippen LogP contribution in [0.3, 0.4) is 0 Å². The fourth-order valence-corrected chi connectivity index (χ4v) is 6.32. The van der Waals surface area contributed by atoms with E-state index >= 15 is 0 Å². The van der Waals surface area contributed by atoms with E-state index in [-0.39, 0.29) is 25.7 Å². The maximum atomic E-state index is 12.7. The summed E-state index contributed by atoms with van der Waals surface area (Å²) in [5, 5.41) is 29.9. The van der Waals surface area contributed by atoms with Crippen molar-refractivity contribution in [3.05, 3.63) is 85.1 Å². The number of carbonyl (C=O) groups is 2. The van der Waals surface area contributed by atoms with E-state index in [1.807, 2.05) is 24.3 Å². The average molecular weight is 905 g/mol. The third-order valence-electron chi connectivity index (χ3n) is 8.47. The van der Waals surface area contributed by atoms with Crippen LogP contribution in [0.4, 0.5) is 0 Å². The smallest absolute Gasteiger partial charge is 0.462 e. The first-order chi connectivity index (χ1) is 29.2. The minimum Gasteiger partial charge on any atom is -0.462 e. The van der Waals surface area contributed by atoms with Gasteiger partial charge in [-0.25, -0.2) is 9.13 Å². The average Bonchev–Trinajstić information content (AvgIpc) is 3.21. The van der Waals surface area contributed by atoms with E-state index in [1.54, 1.807) is 24.3 Å². The Morgan fingerprint density at radius 1 is 0.557 bits per heavy atom. The molecule has 0 amide bonds. The maximum absolute atomic E-state index is 12.7. The molecule has 5 atom stereocenters. The Morgan fingerprint density at radius 2 is 1.10 bits per heavy atom. The highest BCUT2D eigenvalue weighted by Crippen LogP contribution is 2.43. The van der Waals surface area contributed by atoms with Crippen LogP contribution in [0.25, 0.3) is 0 Å². The molecule has 15 nitrogen and oxygen atoms in total. The highest BCUT2D eigenvalue weighted by atomic mass is 31.2. The Labute approximate surface area is 363 Å². The van der Waals surface area contributed by atoms with Crippen LogP contribution in [0.2, 0.25) is 0 Å². The summed E-state index contributed by atoms with van der Waals surface area (Å²) in [6, 6.07) is 0. The topological polar surface area (TPSA) is 236 Å². The Bertz CT molecular complexity index is 1430. The van der Waals surface area contributed by atoms with Crippen molar-refractivity contribution < 1.29 is 71.8 Å². The lowest BCUT2D eigenvalue weighted by Gasteiger charge is -2.20. The molecule has 0 heterocycles. The molecule has 0 aromatic heterocycles. The molecule has 0 fully saturated rings. The van der Waals surface area contributed by atoms with Crippen LogP contribution >= 0.6 is 15.6 Å². The molecule has 0 aromatic rings. The van der Waals surface area contributed by atoms with Gasteiger partial charge < -0.3 is 39.5 Å². The van der Waals surface area contributed by atoms with Gasteiger partial charge in [0, 0.05) is 12.8 Å². The van der Waals surface area contributed by atoms with Gasteiger partial charge in [0.25, 0.3) is 0 Å². The molecule has 0 radical (unpaired) electrons. The number of phosphoric ester groups is 2. The van der Waals surface area contributed by atoms with Crippen molar-refractivity contribution >= 4 is 27.6 Å². The number of aliphatic hydroxyl groups excluding tert-OH is 3. The summed E-state index contributed by atoms with van der Waals surface area (Å²) in [5.74, 6) is -1.29. The molecule has 0 saturated heterocycles. The van der Waals surface area contributed by atoms with Crippen LogP contribution in [0.1, 0.15) is 129 Å². The molecule has 0 aliphatic rings. The lowest BCUT2D eigenvalue weighted by Crippen LogP contribution is -2.30. The predicted molar refractivity (Wildman–Crippen MR) is 237 cm³/mol. The summed E-state index contributed by atoms with van der Waals surface area (Å²) in [4.78, 5) is 52.7. The van der Waals surface area contributed by atoms with Gasteiger partial charge in [-0.05, 0) is 64.2 Å². The van der Waals surface area contributed by atoms with Crippen LogP contribution in [-0.4, -0.2) is 92.8 Å². The van der Waals surface area contributed by atoms with E-state index in [9.17, 15) is 38.9 Å². The monoisotopic (exact) mass is 904 g/mol. The number of aliphatic hydroxyl groups is 3. The van der Waals surface area contributed by atoms with E-state index in [4.69, 9.17) is 23.8 Å². The minimum atomic E-state index is -4.89. The fourth-order valence-electron chi connectivity index (χ4n) is 5.16. The quantitative estimate of drug-likeness (QED) is 0.0111. The van der Waals surface area contributed by atoms with E-state index in [0.29, 0.717) is 12.8 Å². The number of unbranched alkanes of at least 4 members (excludes halogenated alkanes) is 7. The number of phosphoric acid groups is 2. The molecule has 350 valence electrons. The summed E-state index contributed by atoms with van der Waals surface area (Å²) >= 11 is 0. The molecule has 0 aromatic carbocycles. The zero-order chi connectivity index (χ0) is 45.5. The lowest BCUT2D eigenvalue weighted by atomic mass is 10.1. The third-order valence-corrected chi connectivity index (χ3v) is 9.90. The van der Waals surface area contributed by atoms with Gasteiger partial charge in [0.1, 0.15) is 12.7 Å². The molecule has 0 aliphatic heterocycles. The van der Waals surface area contributed by atoms with Gasteiger partial charge in [-0.1, -0.05) is 137 Å². The first-order valence-corrected chi connectivity index (χ1v) is 24.5. The van der Waals surface area contributed by atoms with Crippen LogP contribution in [-0.2, 0) is 41.8 Å². The van der Waals surface area contributed by atoms with Crippen molar-refractivity contribution in [3.63, 3.8) is 0 Å². The molecule has 0 bridgehead atoms. The van der Waals surface area contributed by atoms with Crippen molar-refractivity contribution in [2.75, 3.05) is 26.4 Å². The SMILES string of the molecule is CC/C=C\C/C=C\C/C=C\CCCCCCCC(=O)O[C@H](COC(=O)CCC[C@@H](O)/C=C/C=C\C/C=C\C=C\[C@@H](O)CCCCC)COP(=O)(O)OC[C@@H](O)COP(=O)(O)O. The number of esters is 2. The van der Waals surface area contributed by atoms with Gasteiger partial charge in [-0.3, -0.25) is 23.2 Å². The highest BCUT2D eigenvalue weighted by molar-refractivity contribution is 7.47. The Hall–Kier alpha value is -2.78. The molecule has 0 saturated carbocycles. The first-order valence-electron chi connectivity index (χ1n) is 21.5. The summed E-state index contributed by atoms with van der Waals surface area (Å²) in [6.07, 6.45) is 36.5. The third kappa shape index (κ3) is 42.3. The molecule has 0 rings (SSSR count). The molecule has 1 unspecified atom stereocenters. The Kier molecular flexibility index (Phi) is 37.1. The summed E-state index contributed by atoms with van der Waals surface area (Å²) in [5.41, 5.74) is 0. The van der Waals surface area contributed by atoms with Crippen molar-refractivity contribution in [1.29, 1.82) is 0 Å². The van der Waals surface area contributed by atoms with Crippen LogP contribution in [0, 0.1) is 0 Å². The first kappa shape index (κ1) is 58.2. The van der Waals surface area contributed by atoms with Crippen molar-refractivity contribution in [1.82, 2.24) is 0 Å². The largest absolute Gasteiger partial charge is 0.472 e. The van der Waals surface area contributed by atoms with Gasteiger partial charge in [0.15, 0.2) is 6.10 Å². The molecule has 0 aliphatic carbocycles. The second-order valence-corrected chi connectivity index (χ2v) is 17.0. The van der Waals surface area contributed by atoms with Gasteiger partial charge in [0.05, 0.1) is 32.0 Å². The van der Waals surface area contributed by atoms with Crippen molar-refractivity contribution in [2.45, 2.75) is 154 Å². The highest BCUT2D eigenvalue weighted by Gasteiger charge is 2.28. The number of hydrogen-bond donors (Lipinski definition) is 6. The summed E-state index contributed by atoms with van der Waals surface area (Å²) in [7, 11) is -9.77. The molecule has 61 heavy (non-hydrogen) atoms. The minimum absolute atomic E-state index is 0.0576. The van der Waals surface area contributed by atoms with Gasteiger partial charge in [0.2, 0.25) is 0 Å². The van der Waals surface area contributed by atoms with Crippen molar-refractivity contribution in [3.8, 4) is 0 Å². The predicted octanol–water partition coefficient (Wildman–Crippen LogP) is 8.72. The van der Waals surface area contributed by atoms with Crippen LogP contribution in [0.5, 0.6) is 0 Å². The molecular formula is C44H74O15P2. The fraction of sp³-hybridized carbons (Fsp3) is 0.636. The number of allylic oxidation sites excluding steroid dienone is 12. The Balaban J connectivity index is 4.79. The van der Waals surface area contributed by atoms with Gasteiger partial charge in [-0.2, -0.15) is 0 Å².